The smallest absolute Gasteiger partial charge is 0.0652 e. The third-order valence-corrected chi connectivity index (χ3v) is 5.29. The lowest BCUT2D eigenvalue weighted by Gasteiger charge is -2.37. The molecule has 2 aliphatic heterocycles. The van der Waals surface area contributed by atoms with E-state index >= 15 is 0 Å². The zero-order valence-electron chi connectivity index (χ0n) is 9.94. The molecule has 2 nitrogen and oxygen atoms in total. The van der Waals surface area contributed by atoms with Gasteiger partial charge in [-0.25, -0.2) is 0 Å². The van der Waals surface area contributed by atoms with E-state index in [0.717, 1.165) is 0 Å². The number of rotatable bonds is 0. The van der Waals surface area contributed by atoms with Crippen molar-refractivity contribution in [3.8, 4) is 0 Å². The van der Waals surface area contributed by atoms with Crippen molar-refractivity contribution in [3.63, 3.8) is 0 Å². The Bertz CT molecular complexity index is 397. The van der Waals surface area contributed by atoms with Crippen LogP contribution in [0.2, 0.25) is 0 Å². The van der Waals surface area contributed by atoms with Crippen molar-refractivity contribution < 1.29 is 0 Å². The molecule has 0 amide bonds. The van der Waals surface area contributed by atoms with Crippen molar-refractivity contribution in [1.82, 2.24) is 4.90 Å². The summed E-state index contributed by atoms with van der Waals surface area (Å²) in [6, 6.07) is 8.88. The number of benzene rings is 1. The summed E-state index contributed by atoms with van der Waals surface area (Å²) in [5.41, 5.74) is 2.97. The molecule has 16 heavy (non-hydrogen) atoms. The number of piperidine rings is 1. The maximum atomic E-state index is 2.44. The standard InChI is InChI=1S/C13H18N2S/c1-14-9-7-13(8-10-14)11-5-3-4-6-12(11)15(2)16-13/h3-6H,7-10H2,1-2H3. The van der Waals surface area contributed by atoms with Crippen LogP contribution in [0.4, 0.5) is 5.69 Å². The molecule has 1 aromatic rings. The number of fused-ring (bicyclic) bond motifs is 2. The molecule has 0 aliphatic carbocycles. The molecule has 0 unspecified atom stereocenters. The van der Waals surface area contributed by atoms with E-state index in [1.54, 1.807) is 5.56 Å². The molecular weight excluding hydrogens is 216 g/mol. The van der Waals surface area contributed by atoms with Crippen molar-refractivity contribution >= 4 is 17.6 Å². The Morgan fingerprint density at radius 1 is 1.12 bits per heavy atom. The summed E-state index contributed by atoms with van der Waals surface area (Å²) in [4.78, 5) is 2.44. The summed E-state index contributed by atoms with van der Waals surface area (Å²) < 4.78 is 2.71. The first-order chi connectivity index (χ1) is 7.71. The first kappa shape index (κ1) is 10.5. The van der Waals surface area contributed by atoms with Crippen LogP contribution in [0.1, 0.15) is 18.4 Å². The van der Waals surface area contributed by atoms with Crippen molar-refractivity contribution in [2.24, 2.45) is 0 Å². The van der Waals surface area contributed by atoms with Crippen LogP contribution in [0.15, 0.2) is 24.3 Å². The molecule has 1 spiro atoms. The van der Waals surface area contributed by atoms with Gasteiger partial charge in [0.05, 0.1) is 10.4 Å². The Labute approximate surface area is 102 Å². The van der Waals surface area contributed by atoms with Crippen LogP contribution in [0.3, 0.4) is 0 Å². The Hall–Kier alpha value is -0.670. The zero-order chi connectivity index (χ0) is 11.2. The summed E-state index contributed by atoms with van der Waals surface area (Å²) in [6.07, 6.45) is 2.55. The van der Waals surface area contributed by atoms with Gasteiger partial charge in [-0.15, -0.1) is 0 Å². The lowest BCUT2D eigenvalue weighted by atomic mass is 9.87. The molecule has 0 saturated carbocycles. The van der Waals surface area contributed by atoms with Gasteiger partial charge in [-0.3, -0.25) is 0 Å². The number of likely N-dealkylation sites (tertiary alicyclic amines) is 1. The highest BCUT2D eigenvalue weighted by Crippen LogP contribution is 2.55. The van der Waals surface area contributed by atoms with E-state index in [1.807, 2.05) is 11.9 Å². The van der Waals surface area contributed by atoms with Crippen LogP contribution in [0.25, 0.3) is 0 Å². The van der Waals surface area contributed by atoms with Gasteiger partial charge < -0.3 is 9.21 Å². The summed E-state index contributed by atoms with van der Waals surface area (Å²) >= 11 is 2.03. The summed E-state index contributed by atoms with van der Waals surface area (Å²) in [5.74, 6) is 0. The molecule has 0 radical (unpaired) electrons. The van der Waals surface area contributed by atoms with Crippen molar-refractivity contribution in [1.29, 1.82) is 0 Å². The van der Waals surface area contributed by atoms with Crippen molar-refractivity contribution in [2.45, 2.75) is 17.6 Å². The third-order valence-electron chi connectivity index (χ3n) is 3.84. The molecule has 1 saturated heterocycles. The average molecular weight is 234 g/mol. The first-order valence-corrected chi connectivity index (χ1v) is 6.70. The van der Waals surface area contributed by atoms with Gasteiger partial charge in [0, 0.05) is 7.05 Å². The average Bonchev–Trinajstić information content (AvgIpc) is 2.58. The topological polar surface area (TPSA) is 6.48 Å². The number of hydrogen-bond acceptors (Lipinski definition) is 3. The highest BCUT2D eigenvalue weighted by atomic mass is 32.2. The van der Waals surface area contributed by atoms with Gasteiger partial charge in [0.25, 0.3) is 0 Å². The summed E-state index contributed by atoms with van der Waals surface area (Å²) in [6.45, 7) is 2.43. The highest BCUT2D eigenvalue weighted by Gasteiger charge is 2.44. The third kappa shape index (κ3) is 1.45. The van der Waals surface area contributed by atoms with Crippen LogP contribution in [-0.4, -0.2) is 32.1 Å². The molecule has 0 atom stereocenters. The van der Waals surface area contributed by atoms with Crippen molar-refractivity contribution in [3.05, 3.63) is 29.8 Å². The maximum absolute atomic E-state index is 2.44. The minimum Gasteiger partial charge on any atom is -0.318 e. The van der Waals surface area contributed by atoms with E-state index in [0.29, 0.717) is 4.75 Å². The second kappa shape index (κ2) is 3.67. The normalized spacial score (nSPS) is 23.8. The largest absolute Gasteiger partial charge is 0.318 e. The Morgan fingerprint density at radius 2 is 1.81 bits per heavy atom. The Kier molecular flexibility index (Phi) is 2.41. The Balaban J connectivity index is 1.99. The summed E-state index contributed by atoms with van der Waals surface area (Å²) in [7, 11) is 4.42. The molecule has 0 N–H and O–H groups in total. The molecule has 86 valence electrons. The molecule has 0 aromatic heterocycles. The monoisotopic (exact) mass is 234 g/mol. The van der Waals surface area contributed by atoms with Gasteiger partial charge in [-0.1, -0.05) is 18.2 Å². The number of anilines is 1. The minimum atomic E-state index is 0.359. The Morgan fingerprint density at radius 3 is 2.56 bits per heavy atom. The fraction of sp³-hybridized carbons (Fsp3) is 0.538. The van der Waals surface area contributed by atoms with Crippen LogP contribution >= 0.6 is 11.9 Å². The molecule has 3 heteroatoms. The molecule has 1 fully saturated rings. The zero-order valence-corrected chi connectivity index (χ0v) is 10.8. The minimum absolute atomic E-state index is 0.359. The van der Waals surface area contributed by atoms with E-state index in [-0.39, 0.29) is 0 Å². The first-order valence-electron chi connectivity index (χ1n) is 5.92. The molecule has 2 aliphatic rings. The second-order valence-electron chi connectivity index (χ2n) is 4.90. The van der Waals surface area contributed by atoms with Crippen LogP contribution < -0.4 is 4.31 Å². The van der Waals surface area contributed by atoms with Gasteiger partial charge in [0.2, 0.25) is 0 Å². The fourth-order valence-corrected chi connectivity index (χ4v) is 4.25. The van der Waals surface area contributed by atoms with E-state index in [1.165, 1.54) is 31.6 Å². The molecule has 3 rings (SSSR count). The van der Waals surface area contributed by atoms with E-state index in [2.05, 4.69) is 47.6 Å². The molecular formula is C13H18N2S. The van der Waals surface area contributed by atoms with Gasteiger partial charge in [0.1, 0.15) is 0 Å². The van der Waals surface area contributed by atoms with Crippen molar-refractivity contribution in [2.75, 3.05) is 31.5 Å². The van der Waals surface area contributed by atoms with Gasteiger partial charge in [-0.2, -0.15) is 0 Å². The fourth-order valence-electron chi connectivity index (χ4n) is 2.83. The summed E-state index contributed by atoms with van der Waals surface area (Å²) in [5, 5.41) is 0. The lowest BCUT2D eigenvalue weighted by molar-refractivity contribution is 0.241. The van der Waals surface area contributed by atoms with E-state index in [9.17, 15) is 0 Å². The van der Waals surface area contributed by atoms with Crippen LogP contribution in [0.5, 0.6) is 0 Å². The number of para-hydroxylation sites is 1. The van der Waals surface area contributed by atoms with E-state index in [4.69, 9.17) is 0 Å². The van der Waals surface area contributed by atoms with Crippen LogP contribution in [0, 0.1) is 0 Å². The van der Waals surface area contributed by atoms with Crippen LogP contribution in [-0.2, 0) is 4.75 Å². The van der Waals surface area contributed by atoms with Gasteiger partial charge in [0.15, 0.2) is 0 Å². The molecule has 0 bridgehead atoms. The molecule has 1 aromatic carbocycles. The predicted octanol–water partition coefficient (Wildman–Crippen LogP) is 2.71. The highest BCUT2D eigenvalue weighted by molar-refractivity contribution is 8.02. The number of hydrogen-bond donors (Lipinski definition) is 0. The SMILES string of the molecule is CN1CCC2(CC1)SN(C)c1ccccc12. The predicted molar refractivity (Wildman–Crippen MR) is 70.8 cm³/mol. The second-order valence-corrected chi connectivity index (χ2v) is 6.42. The van der Waals surface area contributed by atoms with Gasteiger partial charge in [-0.05, 0) is 56.6 Å². The van der Waals surface area contributed by atoms with E-state index < -0.39 is 0 Å². The quantitative estimate of drug-likeness (QED) is 0.637. The molecule has 2 heterocycles. The lowest BCUT2D eigenvalue weighted by Crippen LogP contribution is -2.37. The maximum Gasteiger partial charge on any atom is 0.0652 e. The van der Waals surface area contributed by atoms with Gasteiger partial charge >= 0.3 is 0 Å². The number of nitrogens with zero attached hydrogens (tertiary/aromatic N) is 2.